The highest BCUT2D eigenvalue weighted by molar-refractivity contribution is 7.89. The third-order valence-electron chi connectivity index (χ3n) is 4.37. The Morgan fingerprint density at radius 2 is 1.56 bits per heavy atom. The minimum absolute atomic E-state index is 0.190. The van der Waals surface area contributed by atoms with Gasteiger partial charge < -0.3 is 15.0 Å². The lowest BCUT2D eigenvalue weighted by Gasteiger charge is -2.18. The molecule has 1 N–H and O–H groups in total. The third-order valence-corrected chi connectivity index (χ3v) is 6.19. The fourth-order valence-electron chi connectivity index (χ4n) is 2.49. The smallest absolute Gasteiger partial charge is 0.321 e. The Labute approximate surface area is 185 Å². The van der Waals surface area contributed by atoms with Crippen LogP contribution in [0.15, 0.2) is 53.4 Å². The zero-order valence-electron chi connectivity index (χ0n) is 17.9. The summed E-state index contributed by atoms with van der Waals surface area (Å²) in [6, 6.07) is 11.2. The standard InChI is InChI=1S/C21H24FN3O6S/c1-15-4-8-17(9-5-15)23-19(26)12-24(2)20(27)14-31-21(28)13-25(3)32(29,30)18-10-6-16(22)7-11-18/h4-11H,12-14H2,1-3H3,(H,23,26). The average Bonchev–Trinajstić information content (AvgIpc) is 2.73. The van der Waals surface area contributed by atoms with Crippen molar-refractivity contribution in [2.75, 3.05) is 39.1 Å². The first-order valence-electron chi connectivity index (χ1n) is 9.47. The van der Waals surface area contributed by atoms with Gasteiger partial charge in [0.05, 0.1) is 11.4 Å². The SMILES string of the molecule is Cc1ccc(NC(=O)CN(C)C(=O)COC(=O)CN(C)S(=O)(=O)c2ccc(F)cc2)cc1. The van der Waals surface area contributed by atoms with Crippen LogP contribution in [0.1, 0.15) is 5.56 Å². The number of carbonyl (C=O) groups is 3. The number of hydrogen-bond acceptors (Lipinski definition) is 6. The van der Waals surface area contributed by atoms with E-state index in [2.05, 4.69) is 5.32 Å². The minimum atomic E-state index is -4.04. The van der Waals surface area contributed by atoms with E-state index in [-0.39, 0.29) is 11.4 Å². The number of halogens is 1. The number of rotatable bonds is 9. The van der Waals surface area contributed by atoms with Crippen LogP contribution in [0.4, 0.5) is 10.1 Å². The van der Waals surface area contributed by atoms with E-state index in [0.717, 1.165) is 46.1 Å². The quantitative estimate of drug-likeness (QED) is 0.560. The van der Waals surface area contributed by atoms with E-state index in [1.165, 1.54) is 7.05 Å². The highest BCUT2D eigenvalue weighted by Gasteiger charge is 2.24. The second kappa shape index (κ2) is 10.8. The van der Waals surface area contributed by atoms with Crippen LogP contribution in [-0.4, -0.2) is 69.2 Å². The Bertz CT molecular complexity index is 1070. The van der Waals surface area contributed by atoms with E-state index in [4.69, 9.17) is 4.74 Å². The third kappa shape index (κ3) is 7.13. The highest BCUT2D eigenvalue weighted by atomic mass is 32.2. The normalized spacial score (nSPS) is 11.2. The number of nitrogens with zero attached hydrogens (tertiary/aromatic N) is 2. The molecule has 2 amide bonds. The fourth-order valence-corrected chi connectivity index (χ4v) is 3.61. The fraction of sp³-hybridized carbons (Fsp3) is 0.286. The summed E-state index contributed by atoms with van der Waals surface area (Å²) in [7, 11) is -1.51. The maximum atomic E-state index is 13.0. The zero-order chi connectivity index (χ0) is 23.9. The van der Waals surface area contributed by atoms with Gasteiger partial charge in [0.2, 0.25) is 15.9 Å². The molecule has 0 spiro atoms. The van der Waals surface area contributed by atoms with Crippen LogP contribution in [0.25, 0.3) is 0 Å². The summed E-state index contributed by atoms with van der Waals surface area (Å²) in [5.74, 6) is -2.62. The van der Waals surface area contributed by atoms with Crippen molar-refractivity contribution in [1.82, 2.24) is 9.21 Å². The van der Waals surface area contributed by atoms with Crippen LogP contribution < -0.4 is 5.32 Å². The van der Waals surface area contributed by atoms with Crippen molar-refractivity contribution in [3.63, 3.8) is 0 Å². The van der Waals surface area contributed by atoms with E-state index >= 15 is 0 Å². The van der Waals surface area contributed by atoms with Gasteiger partial charge in [-0.25, -0.2) is 12.8 Å². The molecule has 0 aromatic heterocycles. The van der Waals surface area contributed by atoms with Gasteiger partial charge in [0.15, 0.2) is 6.61 Å². The molecule has 2 aromatic carbocycles. The number of anilines is 1. The highest BCUT2D eigenvalue weighted by Crippen LogP contribution is 2.14. The molecule has 172 valence electrons. The average molecular weight is 466 g/mol. The van der Waals surface area contributed by atoms with Crippen LogP contribution in [0.3, 0.4) is 0 Å². The monoisotopic (exact) mass is 465 g/mol. The zero-order valence-corrected chi connectivity index (χ0v) is 18.7. The predicted octanol–water partition coefficient (Wildman–Crippen LogP) is 1.39. The van der Waals surface area contributed by atoms with Gasteiger partial charge in [-0.1, -0.05) is 17.7 Å². The molecule has 32 heavy (non-hydrogen) atoms. The number of ether oxygens (including phenoxy) is 1. The molecule has 0 fully saturated rings. The summed E-state index contributed by atoms with van der Waals surface area (Å²) >= 11 is 0. The molecular formula is C21H24FN3O6S. The number of benzene rings is 2. The van der Waals surface area contributed by atoms with Crippen LogP contribution in [0.2, 0.25) is 0 Å². The van der Waals surface area contributed by atoms with Gasteiger partial charge in [-0.05, 0) is 43.3 Å². The van der Waals surface area contributed by atoms with Crippen molar-refractivity contribution in [3.05, 3.63) is 59.9 Å². The Hall–Kier alpha value is -3.31. The van der Waals surface area contributed by atoms with Gasteiger partial charge in [0.25, 0.3) is 5.91 Å². The molecule has 2 aromatic rings. The summed E-state index contributed by atoms with van der Waals surface area (Å²) in [5, 5.41) is 2.64. The second-order valence-electron chi connectivity index (χ2n) is 7.04. The molecule has 0 saturated heterocycles. The number of esters is 1. The van der Waals surface area contributed by atoms with Crippen molar-refractivity contribution in [3.8, 4) is 0 Å². The molecule has 0 unspecified atom stereocenters. The van der Waals surface area contributed by atoms with Crippen LogP contribution in [0, 0.1) is 12.7 Å². The predicted molar refractivity (Wildman–Crippen MR) is 115 cm³/mol. The molecule has 11 heteroatoms. The van der Waals surface area contributed by atoms with Crippen molar-refractivity contribution in [1.29, 1.82) is 0 Å². The lowest BCUT2D eigenvalue weighted by molar-refractivity contribution is -0.151. The summed E-state index contributed by atoms with van der Waals surface area (Å²) in [6.07, 6.45) is 0. The Morgan fingerprint density at radius 1 is 0.969 bits per heavy atom. The minimum Gasteiger partial charge on any atom is -0.455 e. The molecule has 0 heterocycles. The molecule has 0 atom stereocenters. The summed E-state index contributed by atoms with van der Waals surface area (Å²) in [4.78, 5) is 37.0. The van der Waals surface area contributed by atoms with Gasteiger partial charge in [0.1, 0.15) is 12.4 Å². The molecule has 0 bridgehead atoms. The van der Waals surface area contributed by atoms with E-state index in [9.17, 15) is 27.2 Å². The molecule has 0 radical (unpaired) electrons. The largest absolute Gasteiger partial charge is 0.455 e. The number of aryl methyl sites for hydroxylation is 1. The van der Waals surface area contributed by atoms with Gasteiger partial charge in [-0.3, -0.25) is 14.4 Å². The van der Waals surface area contributed by atoms with E-state index in [1.54, 1.807) is 12.1 Å². The number of nitrogens with one attached hydrogen (secondary N) is 1. The number of hydrogen-bond donors (Lipinski definition) is 1. The topological polar surface area (TPSA) is 113 Å². The molecule has 9 nitrogen and oxygen atoms in total. The lowest BCUT2D eigenvalue weighted by Crippen LogP contribution is -2.38. The van der Waals surface area contributed by atoms with Gasteiger partial charge in [0, 0.05) is 19.8 Å². The number of amides is 2. The van der Waals surface area contributed by atoms with E-state index < -0.39 is 46.8 Å². The summed E-state index contributed by atoms with van der Waals surface area (Å²) in [5.41, 5.74) is 1.62. The Morgan fingerprint density at radius 3 is 2.16 bits per heavy atom. The van der Waals surface area contributed by atoms with Crippen LogP contribution in [0.5, 0.6) is 0 Å². The lowest BCUT2D eigenvalue weighted by atomic mass is 10.2. The van der Waals surface area contributed by atoms with Gasteiger partial charge in [-0.15, -0.1) is 0 Å². The van der Waals surface area contributed by atoms with Crippen molar-refractivity contribution >= 4 is 33.5 Å². The number of sulfonamides is 1. The summed E-state index contributed by atoms with van der Waals surface area (Å²) < 4.78 is 43.3. The first-order valence-corrected chi connectivity index (χ1v) is 10.9. The Balaban J connectivity index is 1.80. The molecule has 2 rings (SSSR count). The second-order valence-corrected chi connectivity index (χ2v) is 9.08. The molecule has 0 saturated carbocycles. The molecule has 0 aliphatic rings. The maximum Gasteiger partial charge on any atom is 0.321 e. The van der Waals surface area contributed by atoms with E-state index in [1.807, 2.05) is 19.1 Å². The van der Waals surface area contributed by atoms with Crippen molar-refractivity contribution in [2.45, 2.75) is 11.8 Å². The number of likely N-dealkylation sites (N-methyl/N-ethyl adjacent to an activating group) is 2. The maximum absolute atomic E-state index is 13.0. The first kappa shape index (κ1) is 25.0. The summed E-state index contributed by atoms with van der Waals surface area (Å²) in [6.45, 7) is 0.348. The van der Waals surface area contributed by atoms with Crippen molar-refractivity contribution < 1.29 is 31.9 Å². The van der Waals surface area contributed by atoms with Crippen LogP contribution >= 0.6 is 0 Å². The molecule has 0 aliphatic heterocycles. The van der Waals surface area contributed by atoms with E-state index in [0.29, 0.717) is 5.69 Å². The van der Waals surface area contributed by atoms with Crippen molar-refractivity contribution in [2.24, 2.45) is 0 Å². The molecule has 0 aliphatic carbocycles. The molecular weight excluding hydrogens is 441 g/mol. The van der Waals surface area contributed by atoms with Gasteiger partial charge >= 0.3 is 5.97 Å². The van der Waals surface area contributed by atoms with Crippen LogP contribution in [-0.2, 0) is 29.1 Å². The Kier molecular flexibility index (Phi) is 8.44. The van der Waals surface area contributed by atoms with Gasteiger partial charge in [-0.2, -0.15) is 4.31 Å². The number of carbonyl (C=O) groups excluding carboxylic acids is 3. The first-order chi connectivity index (χ1) is 15.0.